The lowest BCUT2D eigenvalue weighted by molar-refractivity contribution is -0.140. The number of carbonyl (C=O) groups is 2. The lowest BCUT2D eigenvalue weighted by atomic mass is 10.00. The summed E-state index contributed by atoms with van der Waals surface area (Å²) in [4.78, 5) is 30.0. The van der Waals surface area contributed by atoms with Gasteiger partial charge in [-0.05, 0) is 92.9 Å². The Bertz CT molecular complexity index is 1740. The van der Waals surface area contributed by atoms with Crippen LogP contribution in [0.25, 0.3) is 0 Å². The molecule has 0 aliphatic heterocycles. The minimum absolute atomic E-state index is 0.0205. The van der Waals surface area contributed by atoms with Gasteiger partial charge in [-0.3, -0.25) is 13.9 Å². The van der Waals surface area contributed by atoms with Crippen LogP contribution in [0.5, 0.6) is 5.75 Å². The molecule has 4 aromatic carbocycles. The van der Waals surface area contributed by atoms with Crippen LogP contribution in [-0.2, 0) is 32.6 Å². The van der Waals surface area contributed by atoms with E-state index in [1.165, 1.54) is 24.1 Å². The third kappa shape index (κ3) is 8.89. The maximum absolute atomic E-state index is 14.6. The third-order valence-electron chi connectivity index (χ3n) is 7.41. The zero-order valence-corrected chi connectivity index (χ0v) is 28.3. The number of methoxy groups -OCH3 is 1. The molecular formula is C36H40ClN3O5S. The maximum Gasteiger partial charge on any atom is 0.264 e. The molecule has 46 heavy (non-hydrogen) atoms. The molecule has 242 valence electrons. The second-order valence-corrected chi connectivity index (χ2v) is 14.4. The average molecular weight is 662 g/mol. The van der Waals surface area contributed by atoms with Crippen LogP contribution >= 0.6 is 11.6 Å². The fraction of sp³-hybridized carbons (Fsp3) is 0.278. The third-order valence-corrected chi connectivity index (χ3v) is 9.45. The van der Waals surface area contributed by atoms with Gasteiger partial charge in [0.05, 0.1) is 17.7 Å². The van der Waals surface area contributed by atoms with Crippen LogP contribution in [0.3, 0.4) is 0 Å². The highest BCUT2D eigenvalue weighted by Crippen LogP contribution is 2.28. The molecule has 4 rings (SSSR count). The van der Waals surface area contributed by atoms with Crippen LogP contribution in [0.2, 0.25) is 5.02 Å². The van der Waals surface area contributed by atoms with Crippen molar-refractivity contribution in [2.45, 2.75) is 57.1 Å². The Balaban J connectivity index is 1.82. The van der Waals surface area contributed by atoms with Crippen LogP contribution in [0.4, 0.5) is 5.69 Å². The zero-order valence-electron chi connectivity index (χ0n) is 26.7. The Labute approximate surface area is 277 Å². The summed E-state index contributed by atoms with van der Waals surface area (Å²) in [6, 6.07) is 28.3. The summed E-state index contributed by atoms with van der Waals surface area (Å²) in [6.07, 6.45) is 0.229. The van der Waals surface area contributed by atoms with Crippen LogP contribution in [0.1, 0.15) is 37.5 Å². The number of carbonyl (C=O) groups excluding carboxylic acids is 2. The number of hydrogen-bond donors (Lipinski definition) is 1. The van der Waals surface area contributed by atoms with E-state index in [-0.39, 0.29) is 29.5 Å². The fourth-order valence-corrected chi connectivity index (χ4v) is 6.53. The normalized spacial score (nSPS) is 12.2. The number of benzene rings is 4. The van der Waals surface area contributed by atoms with Crippen molar-refractivity contribution in [3.05, 3.63) is 125 Å². The van der Waals surface area contributed by atoms with E-state index in [0.717, 1.165) is 21.0 Å². The first-order chi connectivity index (χ1) is 21.8. The number of nitrogens with one attached hydrogen (secondary N) is 1. The number of aryl methyl sites for hydroxylation is 1. The topological polar surface area (TPSA) is 96.0 Å². The van der Waals surface area contributed by atoms with Gasteiger partial charge in [0.15, 0.2) is 0 Å². The van der Waals surface area contributed by atoms with E-state index in [0.29, 0.717) is 10.8 Å². The second-order valence-electron chi connectivity index (χ2n) is 12.1. The highest BCUT2D eigenvalue weighted by Gasteiger charge is 2.35. The standard InChI is InChI=1S/C36H40ClN3O5S/c1-26-11-9-10-14-28(26)24-39(33(35(42)38-36(2,3)4)23-27-12-7-6-8-13-27)34(41)25-40(30-17-15-29(37)16-18-30)46(43,44)32-21-19-31(45-5)20-22-32/h6-22,33H,23-25H2,1-5H3,(H,38,42). The molecule has 0 radical (unpaired) electrons. The van der Waals surface area contributed by atoms with E-state index >= 15 is 0 Å². The molecule has 0 heterocycles. The van der Waals surface area contributed by atoms with Crippen molar-refractivity contribution in [3.63, 3.8) is 0 Å². The van der Waals surface area contributed by atoms with Crippen molar-refractivity contribution in [1.29, 1.82) is 0 Å². The average Bonchev–Trinajstić information content (AvgIpc) is 3.02. The number of nitrogens with zero attached hydrogens (tertiary/aromatic N) is 2. The molecule has 0 saturated heterocycles. The molecule has 1 N–H and O–H groups in total. The SMILES string of the molecule is COc1ccc(S(=O)(=O)N(CC(=O)N(Cc2ccccc2C)C(Cc2ccccc2)C(=O)NC(C)(C)C)c2ccc(Cl)cc2)cc1. The predicted octanol–water partition coefficient (Wildman–Crippen LogP) is 6.41. The summed E-state index contributed by atoms with van der Waals surface area (Å²) in [5.74, 6) is -0.388. The first-order valence-corrected chi connectivity index (χ1v) is 16.7. The number of hydrogen-bond acceptors (Lipinski definition) is 5. The molecule has 1 unspecified atom stereocenters. The molecule has 2 amide bonds. The van der Waals surface area contributed by atoms with Gasteiger partial charge in [-0.2, -0.15) is 0 Å². The molecule has 10 heteroatoms. The number of amides is 2. The molecule has 0 fully saturated rings. The van der Waals surface area contributed by atoms with E-state index in [9.17, 15) is 18.0 Å². The van der Waals surface area contributed by atoms with E-state index < -0.39 is 34.1 Å². The van der Waals surface area contributed by atoms with Crippen LogP contribution in [0.15, 0.2) is 108 Å². The molecule has 0 aromatic heterocycles. The molecule has 4 aromatic rings. The molecule has 0 saturated carbocycles. The van der Waals surface area contributed by atoms with Gasteiger partial charge in [0.25, 0.3) is 10.0 Å². The van der Waals surface area contributed by atoms with Gasteiger partial charge < -0.3 is 15.0 Å². The Morgan fingerprint density at radius 3 is 2.07 bits per heavy atom. The smallest absolute Gasteiger partial charge is 0.264 e. The molecular weight excluding hydrogens is 622 g/mol. The van der Waals surface area contributed by atoms with Gasteiger partial charge in [0.1, 0.15) is 18.3 Å². The van der Waals surface area contributed by atoms with Crippen molar-refractivity contribution in [3.8, 4) is 5.75 Å². The molecule has 1 atom stereocenters. The Hall–Kier alpha value is -4.34. The monoisotopic (exact) mass is 661 g/mol. The number of anilines is 1. The van der Waals surface area contributed by atoms with Gasteiger partial charge in [0, 0.05) is 23.5 Å². The summed E-state index contributed by atoms with van der Waals surface area (Å²) in [6.45, 7) is 7.10. The van der Waals surface area contributed by atoms with E-state index in [2.05, 4.69) is 5.32 Å². The van der Waals surface area contributed by atoms with Crippen LogP contribution in [-0.4, -0.2) is 50.4 Å². The van der Waals surface area contributed by atoms with Crippen molar-refractivity contribution >= 4 is 39.1 Å². The number of sulfonamides is 1. The summed E-state index contributed by atoms with van der Waals surface area (Å²) >= 11 is 6.15. The molecule has 0 bridgehead atoms. The highest BCUT2D eigenvalue weighted by atomic mass is 35.5. The van der Waals surface area contributed by atoms with E-state index in [1.54, 1.807) is 36.4 Å². The molecule has 0 aliphatic carbocycles. The van der Waals surface area contributed by atoms with Crippen molar-refractivity contribution in [2.24, 2.45) is 0 Å². The number of ether oxygens (including phenoxy) is 1. The molecule has 0 aliphatic rings. The fourth-order valence-electron chi connectivity index (χ4n) is 4.99. The summed E-state index contributed by atoms with van der Waals surface area (Å²) < 4.78 is 34.6. The van der Waals surface area contributed by atoms with Gasteiger partial charge in [-0.25, -0.2) is 8.42 Å². The molecule has 0 spiro atoms. The first kappa shape index (κ1) is 34.5. The Morgan fingerprint density at radius 2 is 1.48 bits per heavy atom. The van der Waals surface area contributed by atoms with E-state index in [1.807, 2.05) is 82.3 Å². The van der Waals surface area contributed by atoms with Gasteiger partial charge >= 0.3 is 0 Å². The minimum atomic E-state index is -4.25. The summed E-state index contributed by atoms with van der Waals surface area (Å²) in [5, 5.41) is 3.46. The van der Waals surface area contributed by atoms with E-state index in [4.69, 9.17) is 16.3 Å². The van der Waals surface area contributed by atoms with Gasteiger partial charge in [-0.1, -0.05) is 66.2 Å². The van der Waals surface area contributed by atoms with Crippen molar-refractivity contribution in [1.82, 2.24) is 10.2 Å². The summed E-state index contributed by atoms with van der Waals surface area (Å²) in [7, 11) is -2.76. The maximum atomic E-state index is 14.6. The Morgan fingerprint density at radius 1 is 0.870 bits per heavy atom. The lowest BCUT2D eigenvalue weighted by Crippen LogP contribution is -2.56. The quantitative estimate of drug-likeness (QED) is 0.189. The minimum Gasteiger partial charge on any atom is -0.497 e. The molecule has 8 nitrogen and oxygen atoms in total. The predicted molar refractivity (Wildman–Crippen MR) is 183 cm³/mol. The number of rotatable bonds is 12. The van der Waals surface area contributed by atoms with Crippen molar-refractivity contribution in [2.75, 3.05) is 18.0 Å². The highest BCUT2D eigenvalue weighted by molar-refractivity contribution is 7.92. The Kier molecular flexibility index (Phi) is 11.1. The van der Waals surface area contributed by atoms with Gasteiger partial charge in [0.2, 0.25) is 11.8 Å². The summed E-state index contributed by atoms with van der Waals surface area (Å²) in [5.41, 5.74) is 2.32. The van der Waals surface area contributed by atoms with Crippen LogP contribution < -0.4 is 14.4 Å². The van der Waals surface area contributed by atoms with Crippen LogP contribution in [0, 0.1) is 6.92 Å². The zero-order chi connectivity index (χ0) is 33.5. The second kappa shape index (κ2) is 14.8. The number of halogens is 1. The largest absolute Gasteiger partial charge is 0.497 e. The lowest BCUT2D eigenvalue weighted by Gasteiger charge is -2.35. The van der Waals surface area contributed by atoms with Gasteiger partial charge in [-0.15, -0.1) is 0 Å². The van der Waals surface area contributed by atoms with Crippen molar-refractivity contribution < 1.29 is 22.7 Å². The first-order valence-electron chi connectivity index (χ1n) is 14.9.